The number of benzene rings is 2. The minimum absolute atomic E-state index is 0.179. The fourth-order valence-electron chi connectivity index (χ4n) is 5.64. The molecule has 1 N–H and O–H groups in total. The van der Waals surface area contributed by atoms with Crippen LogP contribution in [0.1, 0.15) is 50.3 Å². The highest BCUT2D eigenvalue weighted by molar-refractivity contribution is 5.84. The van der Waals surface area contributed by atoms with Gasteiger partial charge in [0.15, 0.2) is 0 Å². The van der Waals surface area contributed by atoms with E-state index in [4.69, 9.17) is 4.74 Å². The van der Waals surface area contributed by atoms with Crippen LogP contribution < -0.4 is 4.74 Å². The lowest BCUT2D eigenvalue weighted by Crippen LogP contribution is -2.59. The average Bonchev–Trinajstić information content (AvgIpc) is 2.82. The van der Waals surface area contributed by atoms with Crippen molar-refractivity contribution in [1.82, 2.24) is 9.88 Å². The Morgan fingerprint density at radius 2 is 2.03 bits per heavy atom. The molecule has 3 aliphatic heterocycles. The predicted octanol–water partition coefficient (Wildman–Crippen LogP) is 5.36. The zero-order valence-corrected chi connectivity index (χ0v) is 18.5. The van der Waals surface area contributed by atoms with Crippen LogP contribution in [-0.2, 0) is 6.61 Å². The normalized spacial score (nSPS) is 28.5. The molecule has 4 heterocycles. The van der Waals surface area contributed by atoms with Gasteiger partial charge in [-0.15, -0.1) is 0 Å². The summed E-state index contributed by atoms with van der Waals surface area (Å²) in [5.41, 5.74) is 3.38. The van der Waals surface area contributed by atoms with Crippen molar-refractivity contribution < 1.29 is 9.84 Å². The molecule has 5 unspecified atom stereocenters. The van der Waals surface area contributed by atoms with Gasteiger partial charge >= 0.3 is 0 Å². The summed E-state index contributed by atoms with van der Waals surface area (Å²) in [6.07, 6.45) is 4.83. The second-order valence-electron chi connectivity index (χ2n) is 9.56. The number of aliphatic hydroxyl groups is 1. The zero-order valence-electron chi connectivity index (χ0n) is 18.5. The lowest BCUT2D eigenvalue weighted by atomic mass is 9.63. The molecule has 31 heavy (non-hydrogen) atoms. The van der Waals surface area contributed by atoms with Gasteiger partial charge in [-0.3, -0.25) is 9.88 Å². The summed E-state index contributed by atoms with van der Waals surface area (Å²) in [7, 11) is 0. The molecule has 162 valence electrons. The first-order valence-electron chi connectivity index (χ1n) is 11.5. The van der Waals surface area contributed by atoms with E-state index in [0.29, 0.717) is 17.9 Å². The topological polar surface area (TPSA) is 45.6 Å². The Morgan fingerprint density at radius 1 is 1.19 bits per heavy atom. The minimum Gasteiger partial charge on any atom is -0.489 e. The third-order valence-electron chi connectivity index (χ3n) is 7.80. The van der Waals surface area contributed by atoms with E-state index in [9.17, 15) is 5.11 Å². The van der Waals surface area contributed by atoms with Gasteiger partial charge in [-0.05, 0) is 72.5 Å². The number of nitrogens with zero attached hydrogens (tertiary/aromatic N) is 2. The number of hydrogen-bond acceptors (Lipinski definition) is 4. The average molecular weight is 417 g/mol. The van der Waals surface area contributed by atoms with E-state index >= 15 is 0 Å². The monoisotopic (exact) mass is 416 g/mol. The molecule has 3 fully saturated rings. The van der Waals surface area contributed by atoms with Crippen molar-refractivity contribution in [3.63, 3.8) is 0 Å². The molecular formula is C27H32N2O2. The van der Waals surface area contributed by atoms with E-state index in [-0.39, 0.29) is 6.04 Å². The summed E-state index contributed by atoms with van der Waals surface area (Å²) in [6.45, 7) is 7.43. The van der Waals surface area contributed by atoms with Gasteiger partial charge < -0.3 is 9.84 Å². The van der Waals surface area contributed by atoms with Gasteiger partial charge in [0.2, 0.25) is 0 Å². The van der Waals surface area contributed by atoms with Crippen LogP contribution in [0.2, 0.25) is 0 Å². The third kappa shape index (κ3) is 3.83. The molecular weight excluding hydrogens is 384 g/mol. The van der Waals surface area contributed by atoms with Crippen molar-refractivity contribution in [2.75, 3.05) is 13.1 Å². The summed E-state index contributed by atoms with van der Waals surface area (Å²) in [5.74, 6) is 1.50. The predicted molar refractivity (Wildman–Crippen MR) is 124 cm³/mol. The SMILES string of the molecule is CCC1(C)CN2CCC1CC2C(O)c1ccnc2ccc(OCc3ccccc3)cc12. The van der Waals surface area contributed by atoms with Gasteiger partial charge in [-0.2, -0.15) is 0 Å². The van der Waals surface area contributed by atoms with Crippen LogP contribution >= 0.6 is 0 Å². The molecule has 3 aliphatic rings. The summed E-state index contributed by atoms with van der Waals surface area (Å²) in [4.78, 5) is 7.06. The van der Waals surface area contributed by atoms with Crippen LogP contribution in [0.5, 0.6) is 5.75 Å². The molecule has 4 heteroatoms. The Bertz CT molecular complexity index is 1050. The number of ether oxygens (including phenoxy) is 1. The number of piperidine rings is 3. The molecule has 2 aromatic carbocycles. The number of fused-ring (bicyclic) bond motifs is 4. The number of pyridine rings is 1. The fraction of sp³-hybridized carbons (Fsp3) is 0.444. The van der Waals surface area contributed by atoms with Gasteiger partial charge in [0, 0.05) is 24.2 Å². The number of hydrogen-bond donors (Lipinski definition) is 1. The van der Waals surface area contributed by atoms with Gasteiger partial charge in [0.25, 0.3) is 0 Å². The van der Waals surface area contributed by atoms with E-state index in [1.165, 1.54) is 12.8 Å². The first kappa shape index (κ1) is 20.5. The lowest BCUT2D eigenvalue weighted by Gasteiger charge is -2.56. The Labute approximate surface area is 184 Å². The van der Waals surface area contributed by atoms with Crippen LogP contribution in [0.3, 0.4) is 0 Å². The molecule has 0 radical (unpaired) electrons. The maximum absolute atomic E-state index is 11.5. The molecule has 0 saturated carbocycles. The molecule has 0 spiro atoms. The van der Waals surface area contributed by atoms with Crippen molar-refractivity contribution in [2.24, 2.45) is 11.3 Å². The van der Waals surface area contributed by atoms with Crippen LogP contribution in [0.4, 0.5) is 0 Å². The Balaban J connectivity index is 1.40. The smallest absolute Gasteiger partial charge is 0.120 e. The third-order valence-corrected chi connectivity index (χ3v) is 7.80. The minimum atomic E-state index is -0.515. The lowest BCUT2D eigenvalue weighted by molar-refractivity contribution is -0.0951. The fourth-order valence-corrected chi connectivity index (χ4v) is 5.64. The molecule has 0 amide bonds. The summed E-state index contributed by atoms with van der Waals surface area (Å²) in [5, 5.41) is 12.5. The first-order chi connectivity index (χ1) is 15.1. The second kappa shape index (κ2) is 8.25. The van der Waals surface area contributed by atoms with Crippen molar-refractivity contribution in [3.05, 3.63) is 71.9 Å². The quantitative estimate of drug-likeness (QED) is 0.588. The van der Waals surface area contributed by atoms with Crippen molar-refractivity contribution in [1.29, 1.82) is 0 Å². The van der Waals surface area contributed by atoms with Crippen molar-refractivity contribution >= 4 is 10.9 Å². The zero-order chi connectivity index (χ0) is 21.4. The van der Waals surface area contributed by atoms with Gasteiger partial charge in [0.1, 0.15) is 12.4 Å². The second-order valence-corrected chi connectivity index (χ2v) is 9.56. The standard InChI is InChI=1S/C27H32N2O2/c1-3-27(2)18-29-14-12-20(27)15-25(29)26(30)22-11-13-28-24-10-9-21(16-23(22)24)31-17-19-7-5-4-6-8-19/h4-11,13,16,20,25-26,30H,3,12,14-15,17-18H2,1-2H3. The maximum atomic E-state index is 11.5. The van der Waals surface area contributed by atoms with Gasteiger partial charge in [-0.1, -0.05) is 44.2 Å². The highest BCUT2D eigenvalue weighted by Gasteiger charge is 2.48. The van der Waals surface area contributed by atoms with E-state index in [2.05, 4.69) is 35.9 Å². The number of aliphatic hydroxyl groups excluding tert-OH is 1. The molecule has 5 atom stereocenters. The van der Waals surface area contributed by atoms with Crippen molar-refractivity contribution in [2.45, 2.75) is 51.9 Å². The highest BCUT2D eigenvalue weighted by Crippen LogP contribution is 2.49. The Morgan fingerprint density at radius 3 is 2.77 bits per heavy atom. The highest BCUT2D eigenvalue weighted by atomic mass is 16.5. The van der Waals surface area contributed by atoms with Crippen LogP contribution in [0.15, 0.2) is 60.8 Å². The summed E-state index contributed by atoms with van der Waals surface area (Å²) < 4.78 is 6.05. The van der Waals surface area contributed by atoms with Crippen LogP contribution in [-0.4, -0.2) is 34.1 Å². The number of aromatic nitrogens is 1. The molecule has 1 aromatic heterocycles. The molecule has 4 nitrogen and oxygen atoms in total. The van der Waals surface area contributed by atoms with Gasteiger partial charge in [0.05, 0.1) is 11.6 Å². The Kier molecular flexibility index (Phi) is 5.45. The molecule has 0 aliphatic carbocycles. The molecule has 3 saturated heterocycles. The van der Waals surface area contributed by atoms with E-state index in [1.807, 2.05) is 48.7 Å². The van der Waals surface area contributed by atoms with Crippen LogP contribution in [0.25, 0.3) is 10.9 Å². The first-order valence-corrected chi connectivity index (χ1v) is 11.5. The van der Waals surface area contributed by atoms with E-state index in [1.54, 1.807) is 0 Å². The van der Waals surface area contributed by atoms with Crippen molar-refractivity contribution in [3.8, 4) is 5.75 Å². The molecule has 2 bridgehead atoms. The van der Waals surface area contributed by atoms with Crippen LogP contribution in [0, 0.1) is 11.3 Å². The summed E-state index contributed by atoms with van der Waals surface area (Å²) in [6, 6.07) is 18.3. The maximum Gasteiger partial charge on any atom is 0.120 e. The number of rotatable bonds is 6. The Hall–Kier alpha value is -2.43. The van der Waals surface area contributed by atoms with E-state index < -0.39 is 6.10 Å². The molecule has 6 rings (SSSR count). The summed E-state index contributed by atoms with van der Waals surface area (Å²) >= 11 is 0. The largest absolute Gasteiger partial charge is 0.489 e. The van der Waals surface area contributed by atoms with E-state index in [0.717, 1.165) is 47.3 Å². The molecule has 3 aromatic rings. The van der Waals surface area contributed by atoms with Gasteiger partial charge in [-0.25, -0.2) is 0 Å².